The topological polar surface area (TPSA) is 53.2 Å². The van der Waals surface area contributed by atoms with Gasteiger partial charge in [0.05, 0.1) is 11.6 Å². The van der Waals surface area contributed by atoms with E-state index in [1.54, 1.807) is 24.3 Å². The first-order chi connectivity index (χ1) is 5.77. The summed E-state index contributed by atoms with van der Waals surface area (Å²) < 4.78 is 4.75. The highest BCUT2D eigenvalue weighted by Gasteiger charge is 2.06. The van der Waals surface area contributed by atoms with Crippen LogP contribution in [0.15, 0.2) is 24.3 Å². The van der Waals surface area contributed by atoms with Crippen LogP contribution in [0, 0.1) is 11.3 Å². The van der Waals surface area contributed by atoms with E-state index in [0.29, 0.717) is 10.9 Å². The molecule has 0 amide bonds. The molecule has 1 atom stereocenters. The summed E-state index contributed by atoms with van der Waals surface area (Å²) in [5.41, 5.74) is 0.533. The molecule has 1 aromatic rings. The minimum Gasteiger partial charge on any atom is -0.346 e. The maximum Gasteiger partial charge on any atom is 0.202 e. The molecule has 0 aromatic heterocycles. The first-order valence-corrected chi connectivity index (χ1v) is 4.52. The fourth-order valence-corrected chi connectivity index (χ4v) is 1.47. The summed E-state index contributed by atoms with van der Waals surface area (Å²) in [6.07, 6.45) is 0. The maximum atomic E-state index is 9.28. The van der Waals surface area contributed by atoms with Crippen LogP contribution in [-0.4, -0.2) is 12.0 Å². The number of nitriles is 1. The van der Waals surface area contributed by atoms with Gasteiger partial charge in [-0.05, 0) is 18.2 Å². The molecule has 0 radical (unpaired) electrons. The minimum atomic E-state index is -1.55. The average Bonchev–Trinajstić information content (AvgIpc) is 2.17. The molecule has 0 aliphatic rings. The number of benzene rings is 1. The van der Waals surface area contributed by atoms with E-state index in [1.165, 1.54) is 7.11 Å². The lowest BCUT2D eigenvalue weighted by Crippen LogP contribution is -2.01. The second-order valence-corrected chi connectivity index (χ2v) is 3.55. The van der Waals surface area contributed by atoms with Crippen molar-refractivity contribution < 1.29 is 9.42 Å². The van der Waals surface area contributed by atoms with Gasteiger partial charge in [0.25, 0.3) is 0 Å². The summed E-state index contributed by atoms with van der Waals surface area (Å²) in [4.78, 5) is 9.28. The van der Waals surface area contributed by atoms with Crippen molar-refractivity contribution in [2.24, 2.45) is 0 Å². The van der Waals surface area contributed by atoms with Crippen molar-refractivity contribution in [1.29, 1.82) is 5.26 Å². The van der Waals surface area contributed by atoms with Crippen LogP contribution in [0.4, 0.5) is 0 Å². The molecule has 12 heavy (non-hydrogen) atoms. The molecule has 1 aromatic carbocycles. The average molecular weight is 181 g/mol. The Kier molecular flexibility index (Phi) is 3.19. The monoisotopic (exact) mass is 181 g/mol. The lowest BCUT2D eigenvalue weighted by molar-refractivity contribution is 0.400. The van der Waals surface area contributed by atoms with Gasteiger partial charge < -0.3 is 9.42 Å². The molecule has 0 heterocycles. The Labute approximate surface area is 72.1 Å². The molecular formula is C8H8NO2P. The van der Waals surface area contributed by atoms with E-state index in [4.69, 9.17) is 9.79 Å². The molecule has 4 heteroatoms. The molecule has 0 spiro atoms. The number of hydrogen-bond donors (Lipinski definition) is 1. The Balaban J connectivity index is 2.95. The van der Waals surface area contributed by atoms with Crippen molar-refractivity contribution in [3.8, 4) is 6.07 Å². The van der Waals surface area contributed by atoms with Crippen molar-refractivity contribution >= 4 is 13.7 Å². The number of nitrogens with zero attached hydrogens (tertiary/aromatic N) is 1. The Morgan fingerprint density at radius 3 is 2.92 bits per heavy atom. The Bertz CT molecular complexity index is 308. The van der Waals surface area contributed by atoms with E-state index in [1.807, 2.05) is 6.07 Å². The van der Waals surface area contributed by atoms with Crippen LogP contribution in [0.2, 0.25) is 0 Å². The molecule has 1 unspecified atom stereocenters. The van der Waals surface area contributed by atoms with Crippen LogP contribution in [0.1, 0.15) is 5.56 Å². The maximum absolute atomic E-state index is 9.28. The normalized spacial score (nSPS) is 12.1. The lowest BCUT2D eigenvalue weighted by Gasteiger charge is -2.06. The molecule has 0 aliphatic heterocycles. The van der Waals surface area contributed by atoms with Crippen LogP contribution < -0.4 is 5.30 Å². The lowest BCUT2D eigenvalue weighted by atomic mass is 10.2. The fraction of sp³-hybridized carbons (Fsp3) is 0.125. The highest BCUT2D eigenvalue weighted by molar-refractivity contribution is 7.54. The largest absolute Gasteiger partial charge is 0.346 e. The zero-order chi connectivity index (χ0) is 8.97. The van der Waals surface area contributed by atoms with Crippen molar-refractivity contribution in [1.82, 2.24) is 0 Å². The summed E-state index contributed by atoms with van der Waals surface area (Å²) in [7, 11) is -0.111. The summed E-state index contributed by atoms with van der Waals surface area (Å²) in [5, 5.41) is 9.21. The van der Waals surface area contributed by atoms with Crippen molar-refractivity contribution in [3.05, 3.63) is 29.8 Å². The van der Waals surface area contributed by atoms with Gasteiger partial charge in [0.15, 0.2) is 0 Å². The third kappa shape index (κ3) is 2.02. The third-order valence-corrected chi connectivity index (χ3v) is 2.43. The van der Waals surface area contributed by atoms with E-state index >= 15 is 0 Å². The van der Waals surface area contributed by atoms with Gasteiger partial charge >= 0.3 is 0 Å². The van der Waals surface area contributed by atoms with Gasteiger partial charge in [-0.3, -0.25) is 0 Å². The standard InChI is InChI=1S/C8H8NO2P/c1-11-12(10)8-4-2-3-7(5-8)6-9/h2-5,10H,1H3. The van der Waals surface area contributed by atoms with E-state index in [2.05, 4.69) is 0 Å². The van der Waals surface area contributed by atoms with Gasteiger partial charge in [-0.25, -0.2) is 0 Å². The van der Waals surface area contributed by atoms with Gasteiger partial charge in [0.1, 0.15) is 0 Å². The molecular weight excluding hydrogens is 173 g/mol. The summed E-state index contributed by atoms with van der Waals surface area (Å²) in [5.74, 6) is 0. The van der Waals surface area contributed by atoms with Crippen LogP contribution >= 0.6 is 8.38 Å². The fourth-order valence-electron chi connectivity index (χ4n) is 0.800. The van der Waals surface area contributed by atoms with Gasteiger partial charge in [-0.1, -0.05) is 6.07 Å². The van der Waals surface area contributed by atoms with Crippen LogP contribution in [0.5, 0.6) is 0 Å². The van der Waals surface area contributed by atoms with E-state index in [0.717, 1.165) is 0 Å². The van der Waals surface area contributed by atoms with Crippen LogP contribution in [-0.2, 0) is 4.52 Å². The zero-order valence-electron chi connectivity index (χ0n) is 6.56. The van der Waals surface area contributed by atoms with Gasteiger partial charge in [-0.15, -0.1) is 0 Å². The second-order valence-electron chi connectivity index (χ2n) is 2.12. The van der Waals surface area contributed by atoms with Gasteiger partial charge in [0, 0.05) is 12.4 Å². The minimum absolute atomic E-state index is 0.533. The summed E-state index contributed by atoms with van der Waals surface area (Å²) in [6, 6.07) is 8.75. The van der Waals surface area contributed by atoms with E-state index in [9.17, 15) is 4.89 Å². The summed E-state index contributed by atoms with van der Waals surface area (Å²) >= 11 is 0. The highest BCUT2D eigenvalue weighted by Crippen LogP contribution is 2.28. The molecule has 0 saturated carbocycles. The van der Waals surface area contributed by atoms with Gasteiger partial charge in [0.2, 0.25) is 8.38 Å². The molecule has 62 valence electrons. The summed E-state index contributed by atoms with van der Waals surface area (Å²) in [6.45, 7) is 0. The van der Waals surface area contributed by atoms with Crippen molar-refractivity contribution in [2.45, 2.75) is 0 Å². The van der Waals surface area contributed by atoms with Crippen LogP contribution in [0.3, 0.4) is 0 Å². The molecule has 0 fully saturated rings. The van der Waals surface area contributed by atoms with Crippen molar-refractivity contribution in [3.63, 3.8) is 0 Å². The Hall–Kier alpha value is -0.940. The predicted octanol–water partition coefficient (Wildman–Crippen LogP) is 1.13. The van der Waals surface area contributed by atoms with Gasteiger partial charge in [-0.2, -0.15) is 5.26 Å². The molecule has 0 aliphatic carbocycles. The Morgan fingerprint density at radius 2 is 2.33 bits per heavy atom. The number of rotatable bonds is 2. The molecule has 0 saturated heterocycles. The van der Waals surface area contributed by atoms with Crippen LogP contribution in [0.25, 0.3) is 0 Å². The SMILES string of the molecule is COP(O)c1cccc(C#N)c1. The highest BCUT2D eigenvalue weighted by atomic mass is 31.2. The first kappa shape index (κ1) is 9.15. The second kappa shape index (κ2) is 4.18. The van der Waals surface area contributed by atoms with E-state index in [-0.39, 0.29) is 0 Å². The first-order valence-electron chi connectivity index (χ1n) is 3.31. The quantitative estimate of drug-likeness (QED) is 0.696. The smallest absolute Gasteiger partial charge is 0.202 e. The molecule has 1 N–H and O–H groups in total. The molecule has 1 rings (SSSR count). The number of hydrogen-bond acceptors (Lipinski definition) is 3. The van der Waals surface area contributed by atoms with Crippen molar-refractivity contribution in [2.75, 3.05) is 7.11 Å². The third-order valence-electron chi connectivity index (χ3n) is 1.37. The zero-order valence-corrected chi connectivity index (χ0v) is 7.45. The molecule has 0 bridgehead atoms. The Morgan fingerprint density at radius 1 is 1.58 bits per heavy atom. The molecule has 3 nitrogen and oxygen atoms in total. The predicted molar refractivity (Wildman–Crippen MR) is 46.9 cm³/mol. The van der Waals surface area contributed by atoms with E-state index < -0.39 is 8.38 Å².